The van der Waals surface area contributed by atoms with Crippen LogP contribution in [0.15, 0.2) is 48.5 Å². The van der Waals surface area contributed by atoms with Crippen LogP contribution < -0.4 is 5.73 Å². The Morgan fingerprint density at radius 3 is 2.18 bits per heavy atom. The van der Waals surface area contributed by atoms with Crippen molar-refractivity contribution in [3.8, 4) is 0 Å². The molecule has 2 N–H and O–H groups in total. The van der Waals surface area contributed by atoms with E-state index in [1.807, 2.05) is 18.2 Å². The topological polar surface area (TPSA) is 43.1 Å². The summed E-state index contributed by atoms with van der Waals surface area (Å²) < 4.78 is 0. The summed E-state index contributed by atoms with van der Waals surface area (Å²) in [5.41, 5.74) is 8.84. The number of hydrogen-bond donors (Lipinski definition) is 1. The molecule has 0 saturated heterocycles. The normalized spacial score (nSPS) is 12.9. The van der Waals surface area contributed by atoms with Crippen molar-refractivity contribution >= 4 is 17.5 Å². The summed E-state index contributed by atoms with van der Waals surface area (Å²) >= 11 is 6.21. The number of nitrogens with two attached hydrogens (primary N) is 1. The van der Waals surface area contributed by atoms with E-state index in [1.165, 1.54) is 5.56 Å². The molecular weight excluding hydrogens is 294 g/mol. The first-order chi connectivity index (χ1) is 10.3. The van der Waals surface area contributed by atoms with E-state index < -0.39 is 5.92 Å². The summed E-state index contributed by atoms with van der Waals surface area (Å²) in [6, 6.07) is 15.7. The molecule has 116 valence electrons. The smallest absolute Gasteiger partial charge is 0.225 e. The van der Waals surface area contributed by atoms with Crippen molar-refractivity contribution < 1.29 is 4.79 Å². The molecule has 0 aliphatic rings. The van der Waals surface area contributed by atoms with Gasteiger partial charge in [-0.1, -0.05) is 74.8 Å². The summed E-state index contributed by atoms with van der Waals surface area (Å²) in [6.07, 6.45) is 0.559. The SMILES string of the molecule is CC(C)(C)c1ccc(CC(C(N)=O)c2ccccc2Cl)cc1. The Morgan fingerprint density at radius 1 is 1.09 bits per heavy atom. The Labute approximate surface area is 137 Å². The first-order valence-electron chi connectivity index (χ1n) is 7.42. The molecule has 2 aromatic carbocycles. The fraction of sp³-hybridized carbons (Fsp3) is 0.316. The first-order valence-corrected chi connectivity index (χ1v) is 7.80. The zero-order chi connectivity index (χ0) is 16.3. The van der Waals surface area contributed by atoms with Crippen molar-refractivity contribution in [2.75, 3.05) is 0 Å². The van der Waals surface area contributed by atoms with Crippen LogP contribution in [0, 0.1) is 0 Å². The summed E-state index contributed by atoms with van der Waals surface area (Å²) in [4.78, 5) is 11.8. The van der Waals surface area contributed by atoms with Crippen LogP contribution in [0.3, 0.4) is 0 Å². The summed E-state index contributed by atoms with van der Waals surface area (Å²) in [7, 11) is 0. The molecule has 0 aliphatic carbocycles. The molecule has 0 heterocycles. The fourth-order valence-corrected chi connectivity index (χ4v) is 2.77. The minimum absolute atomic E-state index is 0.115. The minimum atomic E-state index is -0.408. The van der Waals surface area contributed by atoms with Crippen molar-refractivity contribution in [3.05, 3.63) is 70.2 Å². The number of carbonyl (C=O) groups excluding carboxylic acids is 1. The van der Waals surface area contributed by atoms with Gasteiger partial charge in [0.1, 0.15) is 0 Å². The maximum absolute atomic E-state index is 11.8. The lowest BCUT2D eigenvalue weighted by Gasteiger charge is -2.20. The van der Waals surface area contributed by atoms with Crippen molar-refractivity contribution in [3.63, 3.8) is 0 Å². The average Bonchev–Trinajstić information content (AvgIpc) is 2.45. The Morgan fingerprint density at radius 2 is 1.68 bits per heavy atom. The second-order valence-electron chi connectivity index (χ2n) is 6.63. The van der Waals surface area contributed by atoms with Crippen LogP contribution >= 0.6 is 11.6 Å². The van der Waals surface area contributed by atoms with E-state index in [4.69, 9.17) is 17.3 Å². The van der Waals surface area contributed by atoms with Gasteiger partial charge < -0.3 is 5.73 Å². The van der Waals surface area contributed by atoms with Gasteiger partial charge >= 0.3 is 0 Å². The van der Waals surface area contributed by atoms with Crippen molar-refractivity contribution in [2.24, 2.45) is 5.73 Å². The third-order valence-electron chi connectivity index (χ3n) is 3.88. The Balaban J connectivity index is 2.26. The lowest BCUT2D eigenvalue weighted by molar-refractivity contribution is -0.119. The number of rotatable bonds is 4. The Hall–Kier alpha value is -1.80. The number of halogens is 1. The molecule has 0 saturated carbocycles. The van der Waals surface area contributed by atoms with Gasteiger partial charge in [-0.3, -0.25) is 4.79 Å². The lowest BCUT2D eigenvalue weighted by Crippen LogP contribution is -2.23. The van der Waals surface area contributed by atoms with Crippen molar-refractivity contribution in [1.82, 2.24) is 0 Å². The molecule has 3 heteroatoms. The van der Waals surface area contributed by atoms with Gasteiger partial charge in [-0.2, -0.15) is 0 Å². The number of amides is 1. The highest BCUT2D eigenvalue weighted by atomic mass is 35.5. The number of carbonyl (C=O) groups is 1. The Bertz CT molecular complexity index is 656. The minimum Gasteiger partial charge on any atom is -0.369 e. The molecule has 22 heavy (non-hydrogen) atoms. The van der Waals surface area contributed by atoms with E-state index in [-0.39, 0.29) is 11.3 Å². The van der Waals surface area contributed by atoms with Gasteiger partial charge in [0.2, 0.25) is 5.91 Å². The Kier molecular flexibility index (Phi) is 4.92. The molecule has 2 nitrogen and oxygen atoms in total. The van der Waals surface area contributed by atoms with Gasteiger partial charge in [0, 0.05) is 5.02 Å². The van der Waals surface area contributed by atoms with Crippen LogP contribution in [-0.4, -0.2) is 5.91 Å². The number of hydrogen-bond acceptors (Lipinski definition) is 1. The molecular formula is C19H22ClNO. The summed E-state index contributed by atoms with van der Waals surface area (Å²) in [5, 5.41) is 0.581. The largest absolute Gasteiger partial charge is 0.369 e. The molecule has 2 rings (SSSR count). The molecule has 1 unspecified atom stereocenters. The summed E-state index contributed by atoms with van der Waals surface area (Å²) in [6.45, 7) is 6.54. The zero-order valence-corrected chi connectivity index (χ0v) is 14.0. The first kappa shape index (κ1) is 16.6. The molecule has 0 fully saturated rings. The van der Waals surface area contributed by atoms with E-state index in [0.717, 1.165) is 11.1 Å². The van der Waals surface area contributed by atoms with Crippen LogP contribution in [-0.2, 0) is 16.6 Å². The van der Waals surface area contributed by atoms with E-state index >= 15 is 0 Å². The van der Waals surface area contributed by atoms with Gasteiger partial charge in [0.05, 0.1) is 5.92 Å². The molecule has 2 aromatic rings. The van der Waals surface area contributed by atoms with Gasteiger partial charge in [-0.15, -0.1) is 0 Å². The molecule has 0 radical (unpaired) electrons. The van der Waals surface area contributed by atoms with Crippen LogP contribution in [0.1, 0.15) is 43.4 Å². The maximum Gasteiger partial charge on any atom is 0.225 e. The molecule has 0 spiro atoms. The highest BCUT2D eigenvalue weighted by Gasteiger charge is 2.21. The second kappa shape index (κ2) is 6.53. The lowest BCUT2D eigenvalue weighted by atomic mass is 9.85. The molecule has 0 bridgehead atoms. The predicted molar refractivity (Wildman–Crippen MR) is 92.2 cm³/mol. The van der Waals surface area contributed by atoms with Gasteiger partial charge in [0.25, 0.3) is 0 Å². The average molecular weight is 316 g/mol. The predicted octanol–water partition coefficient (Wildman–Crippen LogP) is 4.45. The number of primary amides is 1. The van der Waals surface area contributed by atoms with Gasteiger partial charge in [-0.25, -0.2) is 0 Å². The van der Waals surface area contributed by atoms with Gasteiger partial charge in [-0.05, 0) is 34.6 Å². The molecule has 0 aliphatic heterocycles. The monoisotopic (exact) mass is 315 g/mol. The molecule has 0 aromatic heterocycles. The van der Waals surface area contributed by atoms with E-state index in [1.54, 1.807) is 6.07 Å². The van der Waals surface area contributed by atoms with Crippen LogP contribution in [0.25, 0.3) is 0 Å². The van der Waals surface area contributed by atoms with E-state index in [9.17, 15) is 4.79 Å². The maximum atomic E-state index is 11.8. The zero-order valence-electron chi connectivity index (χ0n) is 13.3. The van der Waals surface area contributed by atoms with E-state index in [2.05, 4.69) is 45.0 Å². The highest BCUT2D eigenvalue weighted by Crippen LogP contribution is 2.28. The molecule has 1 atom stereocenters. The van der Waals surface area contributed by atoms with E-state index in [0.29, 0.717) is 11.4 Å². The standard InChI is InChI=1S/C19H22ClNO/c1-19(2,3)14-10-8-13(9-11-14)12-16(18(21)22)15-6-4-5-7-17(15)20/h4-11,16H,12H2,1-3H3,(H2,21,22). The quantitative estimate of drug-likeness (QED) is 0.890. The van der Waals surface area contributed by atoms with Crippen LogP contribution in [0.4, 0.5) is 0 Å². The third kappa shape index (κ3) is 3.89. The van der Waals surface area contributed by atoms with Gasteiger partial charge in [0.15, 0.2) is 0 Å². The highest BCUT2D eigenvalue weighted by molar-refractivity contribution is 6.31. The van der Waals surface area contributed by atoms with Crippen LogP contribution in [0.5, 0.6) is 0 Å². The van der Waals surface area contributed by atoms with Crippen molar-refractivity contribution in [1.29, 1.82) is 0 Å². The third-order valence-corrected chi connectivity index (χ3v) is 4.23. The van der Waals surface area contributed by atoms with Crippen molar-refractivity contribution in [2.45, 2.75) is 38.5 Å². The summed E-state index contributed by atoms with van der Waals surface area (Å²) in [5.74, 6) is -0.762. The van der Waals surface area contributed by atoms with Crippen LogP contribution in [0.2, 0.25) is 5.02 Å². The molecule has 1 amide bonds. The fourth-order valence-electron chi connectivity index (χ4n) is 2.50. The number of benzene rings is 2. The second-order valence-corrected chi connectivity index (χ2v) is 7.03.